The van der Waals surface area contributed by atoms with Crippen LogP contribution in [0.3, 0.4) is 0 Å². The van der Waals surface area contributed by atoms with E-state index in [1.807, 2.05) is 0 Å². The van der Waals surface area contributed by atoms with Crippen molar-refractivity contribution in [3.63, 3.8) is 0 Å². The molecular formula is C6H13N3O. The molecule has 0 aromatic carbocycles. The molecule has 0 atom stereocenters. The van der Waals surface area contributed by atoms with Gasteiger partial charge in [-0.2, -0.15) is 10.8 Å². The average molecular weight is 143 g/mol. The third kappa shape index (κ3) is 2.33. The van der Waals surface area contributed by atoms with Gasteiger partial charge in [-0.05, 0) is 12.8 Å². The quantitative estimate of drug-likeness (QED) is 0.521. The lowest BCUT2D eigenvalue weighted by molar-refractivity contribution is 0.0849. The van der Waals surface area contributed by atoms with E-state index in [0.717, 1.165) is 18.8 Å². The van der Waals surface area contributed by atoms with E-state index in [4.69, 9.17) is 5.90 Å². The van der Waals surface area contributed by atoms with E-state index < -0.39 is 0 Å². The molecule has 0 spiro atoms. The van der Waals surface area contributed by atoms with Crippen molar-refractivity contribution < 1.29 is 4.94 Å². The molecule has 1 rings (SSSR count). The summed E-state index contributed by atoms with van der Waals surface area (Å²) >= 11 is 0. The molecule has 4 heteroatoms. The number of hydroxylamine groups is 1. The Hall–Kier alpha value is -0.610. The highest BCUT2D eigenvalue weighted by Gasteiger charge is 2.01. The van der Waals surface area contributed by atoms with Crippen molar-refractivity contribution in [3.05, 3.63) is 0 Å². The van der Waals surface area contributed by atoms with Crippen molar-refractivity contribution in [1.82, 2.24) is 5.48 Å². The van der Waals surface area contributed by atoms with Crippen LogP contribution in [0, 0.1) is 0 Å². The van der Waals surface area contributed by atoms with Crippen LogP contribution < -0.4 is 11.4 Å². The summed E-state index contributed by atoms with van der Waals surface area (Å²) in [6.45, 7) is 0.895. The molecule has 4 nitrogen and oxygen atoms in total. The number of nitrogens with two attached hydrogens (primary N) is 1. The summed E-state index contributed by atoms with van der Waals surface area (Å²) in [4.78, 5) is 8.47. The zero-order chi connectivity index (χ0) is 7.23. The Bertz CT molecular complexity index is 124. The topological polar surface area (TPSA) is 59.6 Å². The van der Waals surface area contributed by atoms with Crippen LogP contribution >= 0.6 is 0 Å². The summed E-state index contributed by atoms with van der Waals surface area (Å²) in [6.07, 6.45) is 4.56. The molecule has 0 saturated heterocycles. The zero-order valence-electron chi connectivity index (χ0n) is 5.97. The first kappa shape index (κ1) is 7.50. The molecule has 0 aromatic rings. The minimum absolute atomic E-state index is 0.875. The van der Waals surface area contributed by atoms with Gasteiger partial charge in [-0.15, -0.1) is 0 Å². The van der Waals surface area contributed by atoms with Crippen LogP contribution in [0.2, 0.25) is 0 Å². The Morgan fingerprint density at radius 1 is 1.40 bits per heavy atom. The van der Waals surface area contributed by atoms with Crippen LogP contribution in [0.1, 0.15) is 25.7 Å². The number of rotatable bonds is 1. The standard InChI is InChI=1S/C6H13N3O/c7-10-9-6-4-2-1-3-5-8-6/h1-5,7H2,(H,8,9). The molecular weight excluding hydrogens is 130 g/mol. The Morgan fingerprint density at radius 3 is 3.10 bits per heavy atom. The van der Waals surface area contributed by atoms with Gasteiger partial charge in [0.05, 0.1) is 0 Å². The molecule has 10 heavy (non-hydrogen) atoms. The number of nitrogens with one attached hydrogen (secondary N) is 1. The van der Waals surface area contributed by atoms with Crippen LogP contribution in [0.15, 0.2) is 4.99 Å². The second-order valence-electron chi connectivity index (χ2n) is 2.36. The van der Waals surface area contributed by atoms with Gasteiger partial charge in [0.2, 0.25) is 0 Å². The maximum absolute atomic E-state index is 4.82. The predicted octanol–water partition coefficient (Wildman–Crippen LogP) is 0.354. The third-order valence-corrected chi connectivity index (χ3v) is 1.55. The van der Waals surface area contributed by atoms with E-state index in [2.05, 4.69) is 15.4 Å². The summed E-state index contributed by atoms with van der Waals surface area (Å²) < 4.78 is 0. The van der Waals surface area contributed by atoms with Gasteiger partial charge < -0.3 is 0 Å². The molecule has 0 bridgehead atoms. The monoisotopic (exact) mass is 143 g/mol. The first-order valence-electron chi connectivity index (χ1n) is 3.58. The largest absolute Gasteiger partial charge is 0.271 e. The Labute approximate surface area is 60.4 Å². The molecule has 58 valence electrons. The highest BCUT2D eigenvalue weighted by molar-refractivity contribution is 5.81. The van der Waals surface area contributed by atoms with Crippen LogP contribution in [0.4, 0.5) is 0 Å². The average Bonchev–Trinajstić information content (AvgIpc) is 2.17. The van der Waals surface area contributed by atoms with Gasteiger partial charge in [-0.25, -0.2) is 5.48 Å². The second-order valence-corrected chi connectivity index (χ2v) is 2.36. The lowest BCUT2D eigenvalue weighted by Crippen LogP contribution is -2.26. The van der Waals surface area contributed by atoms with E-state index in [9.17, 15) is 0 Å². The molecule has 1 aliphatic heterocycles. The molecule has 0 fully saturated rings. The lowest BCUT2D eigenvalue weighted by Gasteiger charge is -2.02. The fourth-order valence-corrected chi connectivity index (χ4v) is 1.03. The number of hydrogen-bond donors (Lipinski definition) is 2. The van der Waals surface area contributed by atoms with Gasteiger partial charge >= 0.3 is 0 Å². The van der Waals surface area contributed by atoms with E-state index in [1.54, 1.807) is 0 Å². The van der Waals surface area contributed by atoms with Crippen LogP contribution in [0.25, 0.3) is 0 Å². The smallest absolute Gasteiger partial charge is 0.122 e. The highest BCUT2D eigenvalue weighted by atomic mass is 16.8. The fraction of sp³-hybridized carbons (Fsp3) is 0.833. The third-order valence-electron chi connectivity index (χ3n) is 1.55. The minimum Gasteiger partial charge on any atom is -0.271 e. The van der Waals surface area contributed by atoms with E-state index in [0.29, 0.717) is 0 Å². The first-order chi connectivity index (χ1) is 4.93. The number of nitrogens with zero attached hydrogens (tertiary/aromatic N) is 1. The SMILES string of the molecule is NONC1=NCCCCC1. The van der Waals surface area contributed by atoms with Crippen molar-refractivity contribution in [3.8, 4) is 0 Å². The summed E-state index contributed by atoms with van der Waals surface area (Å²) in [6, 6.07) is 0. The molecule has 0 aromatic heterocycles. The highest BCUT2D eigenvalue weighted by Crippen LogP contribution is 2.05. The molecule has 0 amide bonds. The molecule has 3 N–H and O–H groups in total. The van der Waals surface area contributed by atoms with Gasteiger partial charge in [-0.3, -0.25) is 4.99 Å². The Morgan fingerprint density at radius 2 is 2.30 bits per heavy atom. The Kier molecular flexibility index (Phi) is 3.18. The van der Waals surface area contributed by atoms with Gasteiger partial charge in [0.1, 0.15) is 5.84 Å². The van der Waals surface area contributed by atoms with Gasteiger partial charge in [-0.1, -0.05) is 6.42 Å². The van der Waals surface area contributed by atoms with Gasteiger partial charge in [0.15, 0.2) is 0 Å². The van der Waals surface area contributed by atoms with E-state index in [1.165, 1.54) is 19.3 Å². The van der Waals surface area contributed by atoms with Crippen LogP contribution in [-0.2, 0) is 4.94 Å². The van der Waals surface area contributed by atoms with Crippen molar-refractivity contribution in [2.75, 3.05) is 6.54 Å². The van der Waals surface area contributed by atoms with Crippen molar-refractivity contribution >= 4 is 5.84 Å². The summed E-state index contributed by atoms with van der Waals surface area (Å²) in [5, 5.41) is 0. The lowest BCUT2D eigenvalue weighted by atomic mass is 10.2. The summed E-state index contributed by atoms with van der Waals surface area (Å²) in [5.41, 5.74) is 2.55. The second kappa shape index (κ2) is 4.24. The maximum Gasteiger partial charge on any atom is 0.122 e. The summed E-state index contributed by atoms with van der Waals surface area (Å²) in [5.74, 6) is 5.69. The van der Waals surface area contributed by atoms with Gasteiger partial charge in [0.25, 0.3) is 0 Å². The van der Waals surface area contributed by atoms with Gasteiger partial charge in [0, 0.05) is 13.0 Å². The van der Waals surface area contributed by atoms with Crippen LogP contribution in [-0.4, -0.2) is 12.4 Å². The molecule has 1 aliphatic rings. The molecule has 0 unspecified atom stereocenters. The normalized spacial score (nSPS) is 19.5. The predicted molar refractivity (Wildman–Crippen MR) is 39.2 cm³/mol. The van der Waals surface area contributed by atoms with Crippen molar-refractivity contribution in [2.45, 2.75) is 25.7 Å². The Balaban J connectivity index is 2.31. The minimum atomic E-state index is 0.875. The number of hydrogen-bond acceptors (Lipinski definition) is 4. The molecule has 0 radical (unpaired) electrons. The fourth-order valence-electron chi connectivity index (χ4n) is 1.03. The molecule has 1 heterocycles. The van der Waals surface area contributed by atoms with E-state index in [-0.39, 0.29) is 0 Å². The summed E-state index contributed by atoms with van der Waals surface area (Å²) in [7, 11) is 0. The number of amidine groups is 1. The first-order valence-corrected chi connectivity index (χ1v) is 3.58. The van der Waals surface area contributed by atoms with E-state index >= 15 is 0 Å². The van der Waals surface area contributed by atoms with Crippen molar-refractivity contribution in [1.29, 1.82) is 0 Å². The maximum atomic E-state index is 4.82. The number of aliphatic imine (C=N–C) groups is 1. The zero-order valence-corrected chi connectivity index (χ0v) is 5.97. The molecule has 0 saturated carbocycles. The van der Waals surface area contributed by atoms with Crippen LogP contribution in [0.5, 0.6) is 0 Å². The molecule has 0 aliphatic carbocycles. The van der Waals surface area contributed by atoms with Crippen molar-refractivity contribution in [2.24, 2.45) is 10.9 Å².